The monoisotopic (exact) mass is 282 g/mol. The highest BCUT2D eigenvalue weighted by atomic mass is 16.5. The summed E-state index contributed by atoms with van der Waals surface area (Å²) in [5.41, 5.74) is -0.0581. The summed E-state index contributed by atoms with van der Waals surface area (Å²) in [6, 6.07) is 3.19. The molecular formula is C13H18N2O5. The molecule has 0 spiro atoms. The van der Waals surface area contributed by atoms with E-state index in [-0.39, 0.29) is 22.9 Å². The summed E-state index contributed by atoms with van der Waals surface area (Å²) in [5, 5.41) is 23.3. The Hall–Kier alpha value is -2.28. The molecule has 0 radical (unpaired) electrons. The smallest absolute Gasteiger partial charge is 0.337 e. The SMILES string of the molecule is COCC(C)CNC(=O)Nc1ccc(O)cc1C(=O)O. The third-order valence-electron chi connectivity index (χ3n) is 2.54. The van der Waals surface area contributed by atoms with Gasteiger partial charge in [0.05, 0.1) is 17.9 Å². The van der Waals surface area contributed by atoms with Gasteiger partial charge in [0.2, 0.25) is 0 Å². The summed E-state index contributed by atoms with van der Waals surface area (Å²) in [6.45, 7) is 2.83. The van der Waals surface area contributed by atoms with Crippen LogP contribution in [0.5, 0.6) is 5.75 Å². The van der Waals surface area contributed by atoms with Crippen LogP contribution in [0.3, 0.4) is 0 Å². The summed E-state index contributed by atoms with van der Waals surface area (Å²) in [5.74, 6) is -1.27. The van der Waals surface area contributed by atoms with Crippen LogP contribution in [0.25, 0.3) is 0 Å². The molecule has 0 aliphatic heterocycles. The zero-order valence-electron chi connectivity index (χ0n) is 11.3. The number of urea groups is 1. The molecule has 0 saturated heterocycles. The number of phenols is 1. The van der Waals surface area contributed by atoms with E-state index in [4.69, 9.17) is 9.84 Å². The molecule has 0 aliphatic rings. The van der Waals surface area contributed by atoms with E-state index in [9.17, 15) is 14.7 Å². The number of amides is 2. The number of phenolic OH excluding ortho intramolecular Hbond substituents is 1. The van der Waals surface area contributed by atoms with Gasteiger partial charge in [-0.1, -0.05) is 6.92 Å². The molecule has 1 atom stereocenters. The molecule has 0 fully saturated rings. The van der Waals surface area contributed by atoms with E-state index in [0.717, 1.165) is 6.07 Å². The molecule has 1 aromatic rings. The van der Waals surface area contributed by atoms with Crippen LogP contribution in [0.15, 0.2) is 18.2 Å². The Kier molecular flexibility index (Phi) is 5.79. The van der Waals surface area contributed by atoms with E-state index in [1.165, 1.54) is 12.1 Å². The van der Waals surface area contributed by atoms with Gasteiger partial charge in [0.1, 0.15) is 5.75 Å². The Balaban J connectivity index is 2.64. The normalized spacial score (nSPS) is 11.7. The topological polar surface area (TPSA) is 108 Å². The second-order valence-corrected chi connectivity index (χ2v) is 4.43. The van der Waals surface area contributed by atoms with Gasteiger partial charge in [0.25, 0.3) is 0 Å². The van der Waals surface area contributed by atoms with Crippen molar-refractivity contribution < 1.29 is 24.5 Å². The molecule has 1 aromatic carbocycles. The van der Waals surface area contributed by atoms with E-state index >= 15 is 0 Å². The van der Waals surface area contributed by atoms with Crippen molar-refractivity contribution in [1.29, 1.82) is 0 Å². The van der Waals surface area contributed by atoms with Crippen LogP contribution in [0.2, 0.25) is 0 Å². The number of carboxylic acids is 1. The number of nitrogens with one attached hydrogen (secondary N) is 2. The van der Waals surface area contributed by atoms with E-state index in [1.54, 1.807) is 7.11 Å². The van der Waals surface area contributed by atoms with Crippen molar-refractivity contribution in [3.05, 3.63) is 23.8 Å². The number of carbonyl (C=O) groups is 2. The molecule has 0 aliphatic carbocycles. The van der Waals surface area contributed by atoms with Gasteiger partial charge >= 0.3 is 12.0 Å². The van der Waals surface area contributed by atoms with Crippen molar-refractivity contribution in [1.82, 2.24) is 5.32 Å². The average molecular weight is 282 g/mol. The first kappa shape index (κ1) is 15.8. The zero-order valence-corrected chi connectivity index (χ0v) is 11.3. The summed E-state index contributed by atoms with van der Waals surface area (Å²) in [4.78, 5) is 22.7. The predicted molar refractivity (Wildman–Crippen MR) is 73.1 cm³/mol. The number of carbonyl (C=O) groups excluding carboxylic acids is 1. The van der Waals surface area contributed by atoms with Gasteiger partial charge in [-0.3, -0.25) is 0 Å². The maximum Gasteiger partial charge on any atom is 0.337 e. The van der Waals surface area contributed by atoms with E-state index in [2.05, 4.69) is 10.6 Å². The number of benzene rings is 1. The highest BCUT2D eigenvalue weighted by Gasteiger charge is 2.13. The number of carboxylic acid groups (broad SMARTS) is 1. The number of aromatic hydroxyl groups is 1. The quantitative estimate of drug-likeness (QED) is 0.591. The lowest BCUT2D eigenvalue weighted by molar-refractivity contribution is 0.0697. The maximum absolute atomic E-state index is 11.7. The average Bonchev–Trinajstić information content (AvgIpc) is 2.38. The first-order valence-corrected chi connectivity index (χ1v) is 6.04. The Bertz CT molecular complexity index is 490. The van der Waals surface area contributed by atoms with E-state index in [1.807, 2.05) is 6.92 Å². The fourth-order valence-electron chi connectivity index (χ4n) is 1.60. The molecule has 110 valence electrons. The molecule has 1 unspecified atom stereocenters. The lowest BCUT2D eigenvalue weighted by Gasteiger charge is -2.13. The van der Waals surface area contributed by atoms with Crippen LogP contribution < -0.4 is 10.6 Å². The van der Waals surface area contributed by atoms with Gasteiger partial charge in [-0.2, -0.15) is 0 Å². The minimum atomic E-state index is -1.23. The molecule has 0 bridgehead atoms. The molecule has 4 N–H and O–H groups in total. The fourth-order valence-corrected chi connectivity index (χ4v) is 1.60. The zero-order chi connectivity index (χ0) is 15.1. The highest BCUT2D eigenvalue weighted by molar-refractivity contribution is 6.00. The fraction of sp³-hybridized carbons (Fsp3) is 0.385. The van der Waals surface area contributed by atoms with Crippen LogP contribution in [0.4, 0.5) is 10.5 Å². The number of hydrogen-bond acceptors (Lipinski definition) is 4. The molecule has 0 aromatic heterocycles. The Labute approximate surface area is 116 Å². The third-order valence-corrected chi connectivity index (χ3v) is 2.54. The van der Waals surface area contributed by atoms with Crippen LogP contribution >= 0.6 is 0 Å². The summed E-state index contributed by atoms with van der Waals surface area (Å²) in [7, 11) is 1.58. The molecule has 7 nitrogen and oxygen atoms in total. The number of rotatable bonds is 6. The summed E-state index contributed by atoms with van der Waals surface area (Å²) >= 11 is 0. The van der Waals surface area contributed by atoms with Crippen molar-refractivity contribution in [2.75, 3.05) is 25.6 Å². The van der Waals surface area contributed by atoms with Gasteiger partial charge in [-0.25, -0.2) is 9.59 Å². The van der Waals surface area contributed by atoms with Crippen molar-refractivity contribution in [3.63, 3.8) is 0 Å². The Morgan fingerprint density at radius 1 is 1.40 bits per heavy atom. The van der Waals surface area contributed by atoms with E-state index < -0.39 is 12.0 Å². The first-order valence-electron chi connectivity index (χ1n) is 6.04. The molecule has 20 heavy (non-hydrogen) atoms. The molecule has 2 amide bonds. The Morgan fingerprint density at radius 3 is 2.70 bits per heavy atom. The van der Waals surface area contributed by atoms with Gasteiger partial charge in [-0.15, -0.1) is 0 Å². The van der Waals surface area contributed by atoms with Crippen LogP contribution in [0, 0.1) is 5.92 Å². The van der Waals surface area contributed by atoms with Crippen molar-refractivity contribution in [2.24, 2.45) is 5.92 Å². The molecule has 7 heteroatoms. The van der Waals surface area contributed by atoms with Gasteiger partial charge < -0.3 is 25.6 Å². The van der Waals surface area contributed by atoms with Gasteiger partial charge in [-0.05, 0) is 24.1 Å². The number of hydrogen-bond donors (Lipinski definition) is 4. The third kappa shape index (κ3) is 4.77. The molecule has 0 saturated carbocycles. The number of anilines is 1. The maximum atomic E-state index is 11.7. The number of aromatic carboxylic acids is 1. The predicted octanol–water partition coefficient (Wildman–Crippen LogP) is 1.49. The van der Waals surface area contributed by atoms with E-state index in [0.29, 0.717) is 13.2 Å². The Morgan fingerprint density at radius 2 is 2.10 bits per heavy atom. The summed E-state index contributed by atoms with van der Waals surface area (Å²) in [6.07, 6.45) is 0. The summed E-state index contributed by atoms with van der Waals surface area (Å²) < 4.78 is 4.94. The van der Waals surface area contributed by atoms with Crippen LogP contribution in [0.1, 0.15) is 17.3 Å². The second kappa shape index (κ2) is 7.34. The van der Waals surface area contributed by atoms with Gasteiger partial charge in [0.15, 0.2) is 0 Å². The van der Waals surface area contributed by atoms with Crippen LogP contribution in [-0.2, 0) is 4.74 Å². The lowest BCUT2D eigenvalue weighted by Crippen LogP contribution is -2.33. The van der Waals surface area contributed by atoms with Gasteiger partial charge in [0, 0.05) is 13.7 Å². The first-order chi connectivity index (χ1) is 9.43. The van der Waals surface area contributed by atoms with Crippen molar-refractivity contribution in [2.45, 2.75) is 6.92 Å². The number of ether oxygens (including phenoxy) is 1. The second-order valence-electron chi connectivity index (χ2n) is 4.43. The largest absolute Gasteiger partial charge is 0.508 e. The van der Waals surface area contributed by atoms with Crippen molar-refractivity contribution >= 4 is 17.7 Å². The molecule has 0 heterocycles. The van der Waals surface area contributed by atoms with Crippen molar-refractivity contribution in [3.8, 4) is 5.75 Å². The molecular weight excluding hydrogens is 264 g/mol. The minimum absolute atomic E-state index is 0.118. The number of methoxy groups -OCH3 is 1. The van der Waals surface area contributed by atoms with Crippen LogP contribution in [-0.4, -0.2) is 42.5 Å². The lowest BCUT2D eigenvalue weighted by atomic mass is 10.1. The molecule has 1 rings (SSSR count). The highest BCUT2D eigenvalue weighted by Crippen LogP contribution is 2.21. The standard InChI is InChI=1S/C13H18N2O5/c1-8(7-20-2)6-14-13(19)15-11-4-3-9(16)5-10(11)12(17)18/h3-5,8,16H,6-7H2,1-2H3,(H,17,18)(H2,14,15,19). The minimum Gasteiger partial charge on any atom is -0.508 e.